The molecule has 0 saturated heterocycles. The molecule has 0 bridgehead atoms. The van der Waals surface area contributed by atoms with E-state index >= 15 is 0 Å². The molecule has 0 radical (unpaired) electrons. The lowest BCUT2D eigenvalue weighted by Crippen LogP contribution is -2.12. The van der Waals surface area contributed by atoms with Crippen molar-refractivity contribution in [2.45, 2.75) is 0 Å². The number of aromatic hydroxyl groups is 1. The summed E-state index contributed by atoms with van der Waals surface area (Å²) in [6, 6.07) is 12.3. The molecule has 4 rings (SSSR count). The van der Waals surface area contributed by atoms with Gasteiger partial charge in [-0.05, 0) is 42.5 Å². The molecule has 2 heterocycles. The lowest BCUT2D eigenvalue weighted by Gasteiger charge is -2.03. The number of nitrogens with two attached hydrogens (primary N) is 1. The van der Waals surface area contributed by atoms with Crippen molar-refractivity contribution in [2.75, 3.05) is 0 Å². The Morgan fingerprint density at radius 2 is 1.92 bits per heavy atom. The van der Waals surface area contributed by atoms with E-state index in [-0.39, 0.29) is 5.75 Å². The molecule has 2 aromatic heterocycles. The second kappa shape index (κ2) is 5.57. The summed E-state index contributed by atoms with van der Waals surface area (Å²) in [5.41, 5.74) is 3.28. The SMILES string of the molecule is N/N=C(\c1ccc(O)cc1)c1nnc2c(n1)[nH]c1ccc(Br)cc12. The van der Waals surface area contributed by atoms with Crippen LogP contribution in [-0.4, -0.2) is 31.0 Å². The Kier molecular flexibility index (Phi) is 3.39. The van der Waals surface area contributed by atoms with E-state index in [1.165, 1.54) is 0 Å². The molecule has 7 nitrogen and oxygen atoms in total. The van der Waals surface area contributed by atoms with Gasteiger partial charge in [-0.1, -0.05) is 15.9 Å². The van der Waals surface area contributed by atoms with Gasteiger partial charge in [-0.2, -0.15) is 5.10 Å². The van der Waals surface area contributed by atoms with Crippen molar-refractivity contribution in [2.24, 2.45) is 10.9 Å². The Morgan fingerprint density at radius 3 is 2.67 bits per heavy atom. The maximum Gasteiger partial charge on any atom is 0.204 e. The first-order valence-electron chi connectivity index (χ1n) is 7.05. The number of nitrogens with zero attached hydrogens (tertiary/aromatic N) is 4. The van der Waals surface area contributed by atoms with Gasteiger partial charge >= 0.3 is 0 Å². The van der Waals surface area contributed by atoms with E-state index < -0.39 is 0 Å². The minimum atomic E-state index is 0.158. The van der Waals surface area contributed by atoms with E-state index in [0.29, 0.717) is 28.3 Å². The van der Waals surface area contributed by atoms with E-state index in [1.54, 1.807) is 24.3 Å². The van der Waals surface area contributed by atoms with Crippen molar-refractivity contribution in [1.29, 1.82) is 0 Å². The lowest BCUT2D eigenvalue weighted by molar-refractivity contribution is 0.475. The maximum atomic E-state index is 9.40. The van der Waals surface area contributed by atoms with Gasteiger partial charge in [0.1, 0.15) is 17.0 Å². The summed E-state index contributed by atoms with van der Waals surface area (Å²) in [4.78, 5) is 7.71. The minimum absolute atomic E-state index is 0.158. The number of nitrogens with one attached hydrogen (secondary N) is 1. The summed E-state index contributed by atoms with van der Waals surface area (Å²) >= 11 is 3.45. The molecule has 0 aliphatic heterocycles. The fourth-order valence-corrected chi connectivity index (χ4v) is 2.89. The molecule has 8 heteroatoms. The third-order valence-corrected chi connectivity index (χ3v) is 4.15. The van der Waals surface area contributed by atoms with Crippen molar-refractivity contribution in [3.63, 3.8) is 0 Å². The summed E-state index contributed by atoms with van der Waals surface area (Å²) < 4.78 is 0.954. The average Bonchev–Trinajstić information content (AvgIpc) is 2.94. The van der Waals surface area contributed by atoms with Gasteiger partial charge in [0.2, 0.25) is 5.82 Å². The van der Waals surface area contributed by atoms with E-state index in [0.717, 1.165) is 15.4 Å². The molecule has 0 spiro atoms. The highest BCUT2D eigenvalue weighted by atomic mass is 79.9. The van der Waals surface area contributed by atoms with Crippen molar-refractivity contribution in [3.8, 4) is 5.75 Å². The molecule has 0 saturated carbocycles. The largest absolute Gasteiger partial charge is 0.508 e. The van der Waals surface area contributed by atoms with E-state index in [1.807, 2.05) is 18.2 Å². The topological polar surface area (TPSA) is 113 Å². The van der Waals surface area contributed by atoms with Crippen molar-refractivity contribution >= 4 is 43.7 Å². The zero-order valence-corrected chi connectivity index (χ0v) is 13.8. The van der Waals surface area contributed by atoms with Crippen LogP contribution in [0.5, 0.6) is 5.75 Å². The fraction of sp³-hybridized carbons (Fsp3) is 0. The van der Waals surface area contributed by atoms with Gasteiger partial charge in [0.25, 0.3) is 0 Å². The first kappa shape index (κ1) is 14.6. The smallest absolute Gasteiger partial charge is 0.204 e. The number of aromatic amines is 1. The molecule has 0 fully saturated rings. The van der Waals surface area contributed by atoms with Crippen LogP contribution in [-0.2, 0) is 0 Å². The maximum absolute atomic E-state index is 9.40. The molecular formula is C16H11BrN6O. The van der Waals surface area contributed by atoms with Crippen LogP contribution in [0.4, 0.5) is 0 Å². The van der Waals surface area contributed by atoms with Crippen molar-refractivity contribution < 1.29 is 5.11 Å². The predicted octanol–water partition coefficient (Wildman–Crippen LogP) is 2.69. The molecule has 0 aliphatic carbocycles. The summed E-state index contributed by atoms with van der Waals surface area (Å²) in [5, 5.41) is 22.5. The molecule has 0 atom stereocenters. The number of H-pyrrole nitrogens is 1. The van der Waals surface area contributed by atoms with E-state index in [2.05, 4.69) is 41.2 Å². The Bertz CT molecular complexity index is 1090. The van der Waals surface area contributed by atoms with Crippen molar-refractivity contribution in [3.05, 3.63) is 58.3 Å². The normalized spacial score (nSPS) is 12.1. The Morgan fingerprint density at radius 1 is 1.12 bits per heavy atom. The molecule has 4 aromatic rings. The highest BCUT2D eigenvalue weighted by Crippen LogP contribution is 2.25. The summed E-state index contributed by atoms with van der Waals surface area (Å²) in [5.74, 6) is 5.98. The molecule has 2 aromatic carbocycles. The van der Waals surface area contributed by atoms with E-state index in [9.17, 15) is 5.11 Å². The number of benzene rings is 2. The van der Waals surface area contributed by atoms with Gasteiger partial charge in [0.15, 0.2) is 5.65 Å². The molecule has 0 aliphatic rings. The van der Waals surface area contributed by atoms with Crippen LogP contribution in [0.2, 0.25) is 0 Å². The lowest BCUT2D eigenvalue weighted by atomic mass is 10.1. The van der Waals surface area contributed by atoms with Gasteiger partial charge in [-0.3, -0.25) is 0 Å². The first-order valence-corrected chi connectivity index (χ1v) is 7.84. The molecule has 4 N–H and O–H groups in total. The van der Waals surface area contributed by atoms with Gasteiger partial charge in [0, 0.05) is 20.9 Å². The van der Waals surface area contributed by atoms with Crippen LogP contribution >= 0.6 is 15.9 Å². The Labute approximate surface area is 144 Å². The third kappa shape index (κ3) is 2.37. The molecule has 0 unspecified atom stereocenters. The highest BCUT2D eigenvalue weighted by Gasteiger charge is 2.15. The zero-order valence-electron chi connectivity index (χ0n) is 12.2. The van der Waals surface area contributed by atoms with Gasteiger partial charge < -0.3 is 15.9 Å². The number of aromatic nitrogens is 4. The average molecular weight is 383 g/mol. The summed E-state index contributed by atoms with van der Waals surface area (Å²) in [6.07, 6.45) is 0. The van der Waals surface area contributed by atoms with Crippen molar-refractivity contribution in [1.82, 2.24) is 20.2 Å². The summed E-state index contributed by atoms with van der Waals surface area (Å²) in [6.45, 7) is 0. The minimum Gasteiger partial charge on any atom is -0.508 e. The van der Waals surface area contributed by atoms with Crippen LogP contribution in [0.25, 0.3) is 22.1 Å². The van der Waals surface area contributed by atoms with Crippen LogP contribution in [0, 0.1) is 0 Å². The summed E-state index contributed by atoms with van der Waals surface area (Å²) in [7, 11) is 0. The Balaban J connectivity index is 1.87. The highest BCUT2D eigenvalue weighted by molar-refractivity contribution is 9.10. The molecule has 24 heavy (non-hydrogen) atoms. The van der Waals surface area contributed by atoms with Crippen LogP contribution in [0.1, 0.15) is 11.4 Å². The number of rotatable bonds is 2. The zero-order chi connectivity index (χ0) is 16.7. The number of hydrogen-bond acceptors (Lipinski definition) is 6. The quantitative estimate of drug-likeness (QED) is 0.280. The van der Waals surface area contributed by atoms with Gasteiger partial charge in [-0.25, -0.2) is 4.98 Å². The Hall–Kier alpha value is -3.00. The van der Waals surface area contributed by atoms with Crippen LogP contribution in [0.15, 0.2) is 52.0 Å². The molecule has 0 amide bonds. The first-order chi connectivity index (χ1) is 11.7. The van der Waals surface area contributed by atoms with Gasteiger partial charge in [-0.15, -0.1) is 10.2 Å². The number of halogens is 1. The molecular weight excluding hydrogens is 372 g/mol. The number of hydrazone groups is 1. The van der Waals surface area contributed by atoms with Crippen LogP contribution in [0.3, 0.4) is 0 Å². The number of fused-ring (bicyclic) bond motifs is 3. The second-order valence-electron chi connectivity index (χ2n) is 5.17. The number of phenolic OH excluding ortho intramolecular Hbond substituents is 1. The van der Waals surface area contributed by atoms with E-state index in [4.69, 9.17) is 5.84 Å². The van der Waals surface area contributed by atoms with Gasteiger partial charge in [0.05, 0.1) is 0 Å². The van der Waals surface area contributed by atoms with Crippen LogP contribution < -0.4 is 5.84 Å². The number of hydrogen-bond donors (Lipinski definition) is 3. The second-order valence-corrected chi connectivity index (χ2v) is 6.09. The standard InChI is InChI=1S/C16H11BrN6O/c17-9-3-6-12-11(7-9)14-15(19-12)20-16(23-22-14)13(21-18)8-1-4-10(24)5-2-8/h1-7,24H,18H2,(H,19,20,23)/b21-13+. The monoisotopic (exact) mass is 382 g/mol. The predicted molar refractivity (Wildman–Crippen MR) is 94.8 cm³/mol. The fourth-order valence-electron chi connectivity index (χ4n) is 2.52. The third-order valence-electron chi connectivity index (χ3n) is 3.66. The molecule has 118 valence electrons. The number of phenols is 1.